The van der Waals surface area contributed by atoms with Gasteiger partial charge in [0.2, 0.25) is 5.91 Å². The molecule has 3 N–H and O–H groups in total. The maximum absolute atomic E-state index is 12.1. The van der Waals surface area contributed by atoms with Crippen molar-refractivity contribution in [2.45, 2.75) is 12.1 Å². The molecular formula is C21H20N2O. The summed E-state index contributed by atoms with van der Waals surface area (Å²) in [4.78, 5) is 12.1. The molecule has 0 aliphatic carbocycles. The van der Waals surface area contributed by atoms with Crippen molar-refractivity contribution in [3.05, 3.63) is 108 Å². The fourth-order valence-corrected chi connectivity index (χ4v) is 2.83. The second-order valence-electron chi connectivity index (χ2n) is 5.67. The molecule has 0 saturated carbocycles. The number of hydrogen-bond acceptors (Lipinski definition) is 2. The lowest BCUT2D eigenvalue weighted by Gasteiger charge is -2.25. The van der Waals surface area contributed by atoms with E-state index < -0.39 is 11.9 Å². The molecule has 0 unspecified atom stereocenters. The highest BCUT2D eigenvalue weighted by Gasteiger charge is 2.23. The van der Waals surface area contributed by atoms with Crippen molar-refractivity contribution >= 4 is 5.91 Å². The van der Waals surface area contributed by atoms with Crippen molar-refractivity contribution in [2.75, 3.05) is 0 Å². The number of nitrogens with one attached hydrogen (secondary N) is 1. The average molecular weight is 316 g/mol. The molecule has 3 heteroatoms. The van der Waals surface area contributed by atoms with Gasteiger partial charge in [-0.3, -0.25) is 10.1 Å². The number of carbonyl (C=O) groups is 1. The topological polar surface area (TPSA) is 55.1 Å². The van der Waals surface area contributed by atoms with Crippen molar-refractivity contribution in [3.8, 4) is 0 Å². The Labute approximate surface area is 142 Å². The Hall–Kier alpha value is -2.91. The molecule has 3 aromatic rings. The Kier molecular flexibility index (Phi) is 5.04. The Morgan fingerprint density at radius 1 is 0.667 bits per heavy atom. The van der Waals surface area contributed by atoms with Crippen LogP contribution in [0.3, 0.4) is 0 Å². The van der Waals surface area contributed by atoms with E-state index in [1.807, 2.05) is 91.0 Å². The van der Waals surface area contributed by atoms with Gasteiger partial charge in [0.15, 0.2) is 0 Å². The molecule has 0 spiro atoms. The van der Waals surface area contributed by atoms with E-state index in [-0.39, 0.29) is 6.04 Å². The van der Waals surface area contributed by atoms with Gasteiger partial charge in [-0.15, -0.1) is 0 Å². The van der Waals surface area contributed by atoms with Gasteiger partial charge >= 0.3 is 0 Å². The summed E-state index contributed by atoms with van der Waals surface area (Å²) in [6.07, 6.45) is 0. The van der Waals surface area contributed by atoms with Gasteiger partial charge in [-0.2, -0.15) is 0 Å². The van der Waals surface area contributed by atoms with E-state index in [1.54, 1.807) is 0 Å². The quantitative estimate of drug-likeness (QED) is 0.730. The zero-order chi connectivity index (χ0) is 16.8. The molecule has 0 saturated heterocycles. The number of nitrogens with two attached hydrogens (primary N) is 1. The van der Waals surface area contributed by atoms with E-state index in [0.29, 0.717) is 0 Å². The van der Waals surface area contributed by atoms with Gasteiger partial charge in [0, 0.05) is 0 Å². The van der Waals surface area contributed by atoms with Crippen LogP contribution in [0.2, 0.25) is 0 Å². The molecule has 0 bridgehead atoms. The van der Waals surface area contributed by atoms with Crippen molar-refractivity contribution in [1.82, 2.24) is 5.32 Å². The molecule has 1 amide bonds. The molecule has 24 heavy (non-hydrogen) atoms. The lowest BCUT2D eigenvalue weighted by Crippen LogP contribution is -2.36. The number of amides is 1. The van der Waals surface area contributed by atoms with Gasteiger partial charge in [0.25, 0.3) is 0 Å². The maximum Gasteiger partial charge on any atom is 0.239 e. The SMILES string of the molecule is NC(=O)[C@H](NC(c1ccccc1)c1ccccc1)c1ccccc1. The van der Waals surface area contributed by atoms with Crippen LogP contribution in [0.15, 0.2) is 91.0 Å². The fraction of sp³-hybridized carbons (Fsp3) is 0.0952. The van der Waals surface area contributed by atoms with Crippen molar-refractivity contribution in [1.29, 1.82) is 0 Å². The summed E-state index contributed by atoms with van der Waals surface area (Å²) in [6, 6.07) is 29.0. The first-order valence-electron chi connectivity index (χ1n) is 7.96. The average Bonchev–Trinajstić information content (AvgIpc) is 2.64. The standard InChI is InChI=1S/C21H20N2O/c22-21(24)20(18-14-8-3-9-15-18)23-19(16-10-4-1-5-11-16)17-12-6-2-7-13-17/h1-15,19-20,23H,(H2,22,24)/t20-/m1/s1. The first-order chi connectivity index (χ1) is 11.8. The van der Waals surface area contributed by atoms with Crippen LogP contribution in [0.25, 0.3) is 0 Å². The minimum atomic E-state index is -0.559. The van der Waals surface area contributed by atoms with Crippen LogP contribution in [0.1, 0.15) is 28.8 Å². The first-order valence-corrected chi connectivity index (χ1v) is 7.96. The van der Waals surface area contributed by atoms with E-state index in [1.165, 1.54) is 0 Å². The van der Waals surface area contributed by atoms with E-state index in [9.17, 15) is 4.79 Å². The zero-order valence-electron chi connectivity index (χ0n) is 13.3. The number of primary amides is 1. The Bertz CT molecular complexity index is 733. The molecule has 3 aromatic carbocycles. The van der Waals surface area contributed by atoms with Gasteiger partial charge in [0.05, 0.1) is 6.04 Å². The summed E-state index contributed by atoms with van der Waals surface area (Å²) in [5, 5.41) is 3.43. The van der Waals surface area contributed by atoms with Gasteiger partial charge < -0.3 is 5.73 Å². The van der Waals surface area contributed by atoms with Crippen molar-refractivity contribution in [2.24, 2.45) is 5.73 Å². The van der Waals surface area contributed by atoms with Crippen molar-refractivity contribution in [3.63, 3.8) is 0 Å². The summed E-state index contributed by atoms with van der Waals surface area (Å²) in [5.41, 5.74) is 8.71. The lowest BCUT2D eigenvalue weighted by atomic mass is 9.96. The highest BCUT2D eigenvalue weighted by molar-refractivity contribution is 5.81. The third-order valence-corrected chi connectivity index (χ3v) is 4.02. The molecule has 0 radical (unpaired) electrons. The highest BCUT2D eigenvalue weighted by atomic mass is 16.1. The summed E-state index contributed by atoms with van der Waals surface area (Å²) < 4.78 is 0. The summed E-state index contributed by atoms with van der Waals surface area (Å²) in [6.45, 7) is 0. The predicted octanol–water partition coefficient (Wildman–Crippen LogP) is 3.59. The minimum absolute atomic E-state index is 0.120. The van der Waals surface area contributed by atoms with Crippen LogP contribution in [0, 0.1) is 0 Å². The normalized spacial score (nSPS) is 12.0. The molecule has 0 aliphatic rings. The molecule has 1 atom stereocenters. The second-order valence-corrected chi connectivity index (χ2v) is 5.67. The Morgan fingerprint density at radius 3 is 1.42 bits per heavy atom. The molecular weight excluding hydrogens is 296 g/mol. The molecule has 3 nitrogen and oxygen atoms in total. The van der Waals surface area contributed by atoms with Crippen LogP contribution in [-0.2, 0) is 4.79 Å². The highest BCUT2D eigenvalue weighted by Crippen LogP contribution is 2.26. The first kappa shape index (κ1) is 16.0. The van der Waals surface area contributed by atoms with Gasteiger partial charge in [0.1, 0.15) is 6.04 Å². The number of hydrogen-bond donors (Lipinski definition) is 2. The van der Waals surface area contributed by atoms with E-state index in [0.717, 1.165) is 16.7 Å². The van der Waals surface area contributed by atoms with Crippen molar-refractivity contribution < 1.29 is 4.79 Å². The summed E-state index contributed by atoms with van der Waals surface area (Å²) >= 11 is 0. The predicted molar refractivity (Wildman–Crippen MR) is 96.2 cm³/mol. The minimum Gasteiger partial charge on any atom is -0.368 e. The van der Waals surface area contributed by atoms with Gasteiger partial charge in [-0.1, -0.05) is 91.0 Å². The molecule has 120 valence electrons. The molecule has 0 aromatic heterocycles. The number of benzene rings is 3. The molecule has 0 heterocycles. The molecule has 0 fully saturated rings. The molecule has 3 rings (SSSR count). The number of rotatable bonds is 6. The van der Waals surface area contributed by atoms with Crippen LogP contribution in [0.5, 0.6) is 0 Å². The van der Waals surface area contributed by atoms with Crippen LogP contribution in [0.4, 0.5) is 0 Å². The van der Waals surface area contributed by atoms with E-state index in [2.05, 4.69) is 5.32 Å². The zero-order valence-corrected chi connectivity index (χ0v) is 13.3. The Morgan fingerprint density at radius 2 is 1.04 bits per heavy atom. The maximum atomic E-state index is 12.1. The fourth-order valence-electron chi connectivity index (χ4n) is 2.83. The number of carbonyl (C=O) groups excluding carboxylic acids is 1. The lowest BCUT2D eigenvalue weighted by molar-refractivity contribution is -0.120. The van der Waals surface area contributed by atoms with Gasteiger partial charge in [-0.25, -0.2) is 0 Å². The third-order valence-electron chi connectivity index (χ3n) is 4.02. The largest absolute Gasteiger partial charge is 0.368 e. The second kappa shape index (κ2) is 7.57. The smallest absolute Gasteiger partial charge is 0.239 e. The van der Waals surface area contributed by atoms with Gasteiger partial charge in [-0.05, 0) is 16.7 Å². The third kappa shape index (κ3) is 3.70. The van der Waals surface area contributed by atoms with E-state index in [4.69, 9.17) is 5.73 Å². The van der Waals surface area contributed by atoms with Crippen LogP contribution < -0.4 is 11.1 Å². The summed E-state index contributed by atoms with van der Waals surface area (Å²) in [5.74, 6) is -0.391. The monoisotopic (exact) mass is 316 g/mol. The van der Waals surface area contributed by atoms with E-state index >= 15 is 0 Å². The summed E-state index contributed by atoms with van der Waals surface area (Å²) in [7, 11) is 0. The Balaban J connectivity index is 1.98. The molecule has 0 aliphatic heterocycles. The van der Waals surface area contributed by atoms with Crippen LogP contribution >= 0.6 is 0 Å². The van der Waals surface area contributed by atoms with Crippen LogP contribution in [-0.4, -0.2) is 5.91 Å².